The molecule has 248 valence electrons. The Labute approximate surface area is 264 Å². The Balaban J connectivity index is 1.85. The Morgan fingerprint density at radius 3 is 2.39 bits per heavy atom. The number of methoxy groups -OCH3 is 2. The summed E-state index contributed by atoms with van der Waals surface area (Å²) in [6.07, 6.45) is 1.02. The number of nitrogens with one attached hydrogen (secondary N) is 1. The van der Waals surface area contributed by atoms with E-state index in [4.69, 9.17) is 14.2 Å². The quantitative estimate of drug-likeness (QED) is 0.237. The van der Waals surface area contributed by atoms with Crippen molar-refractivity contribution in [3.05, 3.63) is 76.6 Å². The van der Waals surface area contributed by atoms with Gasteiger partial charge in [0.05, 0.1) is 25.3 Å². The fraction of sp³-hybridized carbons (Fsp3) is 0.387. The molecule has 1 aromatic carbocycles. The first-order valence-electron chi connectivity index (χ1n) is 14.3. The van der Waals surface area contributed by atoms with Crippen molar-refractivity contribution < 1.29 is 42.9 Å². The van der Waals surface area contributed by atoms with E-state index < -0.39 is 35.6 Å². The number of hydrogen-bond donors (Lipinski definition) is 2. The number of rotatable bonds is 15. The van der Waals surface area contributed by atoms with Gasteiger partial charge in [-0.05, 0) is 55.3 Å². The zero-order valence-corrected chi connectivity index (χ0v) is 26.1. The number of carbonyl (C=O) groups excluding carboxylic acids is 3. The molecule has 0 spiro atoms. The average Bonchev–Trinajstić information content (AvgIpc) is 3.37. The fourth-order valence-corrected chi connectivity index (χ4v) is 4.45. The highest BCUT2D eigenvalue weighted by atomic mass is 19.1. The Hall–Kier alpha value is -5.02. The maximum atomic E-state index is 13.8. The summed E-state index contributed by atoms with van der Waals surface area (Å²) in [6, 6.07) is 7.97. The highest BCUT2D eigenvalue weighted by Crippen LogP contribution is 2.22. The number of allylic oxidation sites excluding steroid dienone is 1. The molecule has 0 saturated carbocycles. The van der Waals surface area contributed by atoms with E-state index in [1.54, 1.807) is 20.2 Å². The van der Waals surface area contributed by atoms with Crippen LogP contribution in [0.25, 0.3) is 10.9 Å². The van der Waals surface area contributed by atoms with Gasteiger partial charge in [0.1, 0.15) is 11.5 Å². The van der Waals surface area contributed by atoms with E-state index in [1.807, 2.05) is 0 Å². The molecule has 46 heavy (non-hydrogen) atoms. The van der Waals surface area contributed by atoms with Crippen LogP contribution in [0.15, 0.2) is 59.5 Å². The molecule has 1 atom stereocenters. The first kappa shape index (κ1) is 35.5. The van der Waals surface area contributed by atoms with Crippen molar-refractivity contribution in [3.63, 3.8) is 0 Å². The highest BCUT2D eigenvalue weighted by Gasteiger charge is 2.27. The van der Waals surface area contributed by atoms with Crippen LogP contribution in [0.2, 0.25) is 0 Å². The molecule has 3 rings (SSSR count). The van der Waals surface area contributed by atoms with Crippen molar-refractivity contribution >= 4 is 40.6 Å². The van der Waals surface area contributed by atoms with Crippen LogP contribution in [0.4, 0.5) is 19.7 Å². The average molecular weight is 644 g/mol. The molecule has 15 heteroatoms. The number of halogens is 1. The maximum absolute atomic E-state index is 13.8. The Morgan fingerprint density at radius 1 is 1.07 bits per heavy atom. The lowest BCUT2D eigenvalue weighted by Crippen LogP contribution is -2.42. The third kappa shape index (κ3) is 9.49. The number of likely N-dealkylation sites (N-methyl/N-ethyl adjacent to an activating group) is 1. The number of aromatic nitrogens is 2. The van der Waals surface area contributed by atoms with E-state index in [1.165, 1.54) is 71.2 Å². The van der Waals surface area contributed by atoms with E-state index in [0.29, 0.717) is 5.39 Å². The number of carbonyl (C=O) groups is 4. The number of ether oxygens (including phenoxy) is 3. The van der Waals surface area contributed by atoms with Crippen molar-refractivity contribution in [1.29, 1.82) is 0 Å². The van der Waals surface area contributed by atoms with Crippen molar-refractivity contribution in [2.75, 3.05) is 59.9 Å². The number of amides is 3. The van der Waals surface area contributed by atoms with Crippen LogP contribution < -0.4 is 10.9 Å². The van der Waals surface area contributed by atoms with E-state index in [-0.39, 0.29) is 68.5 Å². The largest absolute Gasteiger partial charge is 0.464 e. The Morgan fingerprint density at radius 2 is 1.76 bits per heavy atom. The van der Waals surface area contributed by atoms with Gasteiger partial charge in [0.2, 0.25) is 5.91 Å². The summed E-state index contributed by atoms with van der Waals surface area (Å²) >= 11 is 0. The zero-order chi connectivity index (χ0) is 33.8. The third-order valence-electron chi connectivity index (χ3n) is 6.86. The molecular weight excluding hydrogens is 605 g/mol. The van der Waals surface area contributed by atoms with Crippen molar-refractivity contribution in [2.24, 2.45) is 0 Å². The topological polar surface area (TPSA) is 162 Å². The number of nitrogens with zero attached hydrogens (tertiary/aromatic N) is 4. The van der Waals surface area contributed by atoms with Gasteiger partial charge in [0.25, 0.3) is 11.5 Å². The Kier molecular flexibility index (Phi) is 13.0. The molecule has 0 fully saturated rings. The fourth-order valence-electron chi connectivity index (χ4n) is 4.45. The second kappa shape index (κ2) is 16.9. The molecule has 14 nitrogen and oxygen atoms in total. The van der Waals surface area contributed by atoms with Gasteiger partial charge in [0, 0.05) is 58.7 Å². The minimum Gasteiger partial charge on any atom is -0.464 e. The smallest absolute Gasteiger partial charge is 0.416 e. The lowest BCUT2D eigenvalue weighted by Gasteiger charge is -2.25. The summed E-state index contributed by atoms with van der Waals surface area (Å²) < 4.78 is 31.6. The van der Waals surface area contributed by atoms with Crippen LogP contribution in [-0.4, -0.2) is 109 Å². The Bertz CT molecular complexity index is 1620. The molecule has 0 aliphatic rings. The molecule has 0 bridgehead atoms. The monoisotopic (exact) mass is 643 g/mol. The maximum Gasteiger partial charge on any atom is 0.416 e. The molecule has 0 aliphatic carbocycles. The molecule has 1 unspecified atom stereocenters. The van der Waals surface area contributed by atoms with Crippen molar-refractivity contribution in [3.8, 4) is 0 Å². The molecule has 2 heterocycles. The van der Waals surface area contributed by atoms with E-state index in [0.717, 1.165) is 10.6 Å². The van der Waals surface area contributed by atoms with Crippen molar-refractivity contribution in [1.82, 2.24) is 18.9 Å². The van der Waals surface area contributed by atoms with Crippen LogP contribution in [0.1, 0.15) is 18.5 Å². The summed E-state index contributed by atoms with van der Waals surface area (Å²) in [6.45, 7) is 0.567. The molecule has 2 N–H and O–H groups in total. The summed E-state index contributed by atoms with van der Waals surface area (Å²) in [5.74, 6) is -1.59. The first-order valence-corrected chi connectivity index (χ1v) is 14.3. The number of pyridine rings is 1. The second-order valence-corrected chi connectivity index (χ2v) is 10.4. The van der Waals surface area contributed by atoms with Crippen molar-refractivity contribution in [2.45, 2.75) is 25.5 Å². The lowest BCUT2D eigenvalue weighted by atomic mass is 10.1. The molecule has 0 radical (unpaired) electrons. The SMILES string of the molecule is COCCN(CCOC)C(=O)OC(CCC=CC(=O)N(C)C)C(=O)Nc1cccn(Cc2cc3cc(F)ccc3n2C(=O)O)c1=O. The summed E-state index contributed by atoms with van der Waals surface area (Å²) in [7, 11) is 6.14. The number of anilines is 1. The first-order chi connectivity index (χ1) is 22.0. The minimum atomic E-state index is -1.35. The summed E-state index contributed by atoms with van der Waals surface area (Å²) in [5.41, 5.74) is -0.367. The third-order valence-corrected chi connectivity index (χ3v) is 6.86. The molecule has 3 aromatic rings. The second-order valence-electron chi connectivity index (χ2n) is 10.4. The normalized spacial score (nSPS) is 11.8. The summed E-state index contributed by atoms with van der Waals surface area (Å²) in [5, 5.41) is 12.7. The van der Waals surface area contributed by atoms with Gasteiger partial charge in [-0.15, -0.1) is 0 Å². The molecule has 0 aliphatic heterocycles. The molecule has 0 saturated heterocycles. The predicted molar refractivity (Wildman–Crippen MR) is 166 cm³/mol. The van der Waals surface area contributed by atoms with E-state index >= 15 is 0 Å². The van der Waals surface area contributed by atoms with Gasteiger partial charge in [-0.25, -0.2) is 18.5 Å². The standard InChI is InChI=1S/C31H38FN5O9/c1-34(2)27(38)10-6-5-9-26(46-31(43)35(14-16-44-3)15-17-45-4)28(39)33-24-8-7-13-36(29(24)40)20-23-19-21-18-22(32)11-12-25(21)37(23)30(41)42/h6-8,10-13,18-19,26H,5,9,14-17,20H2,1-4H3,(H,33,39)(H,41,42). The number of benzene rings is 1. The van der Waals surface area contributed by atoms with E-state index in [9.17, 15) is 33.5 Å². The number of fused-ring (bicyclic) bond motifs is 1. The van der Waals surface area contributed by atoms with Crippen LogP contribution in [-0.2, 0) is 30.3 Å². The van der Waals surface area contributed by atoms with Gasteiger partial charge in [0.15, 0.2) is 6.10 Å². The molecule has 2 aromatic heterocycles. The predicted octanol–water partition coefficient (Wildman–Crippen LogP) is 2.98. The van der Waals surface area contributed by atoms with Crippen LogP contribution in [0.3, 0.4) is 0 Å². The van der Waals surface area contributed by atoms with Gasteiger partial charge in [-0.2, -0.15) is 0 Å². The molecular formula is C31H38FN5O9. The molecule has 3 amide bonds. The van der Waals surface area contributed by atoms with Gasteiger partial charge < -0.3 is 39.0 Å². The number of hydrogen-bond acceptors (Lipinski definition) is 8. The zero-order valence-electron chi connectivity index (χ0n) is 26.1. The van der Waals surface area contributed by atoms with Gasteiger partial charge in [-0.3, -0.25) is 14.4 Å². The van der Waals surface area contributed by atoms with Gasteiger partial charge in [-0.1, -0.05) is 6.08 Å². The van der Waals surface area contributed by atoms with Crippen LogP contribution >= 0.6 is 0 Å². The van der Waals surface area contributed by atoms with Crippen LogP contribution in [0, 0.1) is 5.82 Å². The minimum absolute atomic E-state index is 0.00647. The highest BCUT2D eigenvalue weighted by molar-refractivity contribution is 5.95. The van der Waals surface area contributed by atoms with Crippen LogP contribution in [0.5, 0.6) is 0 Å². The van der Waals surface area contributed by atoms with Gasteiger partial charge >= 0.3 is 12.2 Å². The number of carboxylic acid groups (broad SMARTS) is 1. The lowest BCUT2D eigenvalue weighted by molar-refractivity contribution is -0.125. The van der Waals surface area contributed by atoms with E-state index in [2.05, 4.69) is 5.32 Å². The summed E-state index contributed by atoms with van der Waals surface area (Å²) in [4.78, 5) is 66.5.